The van der Waals surface area contributed by atoms with Gasteiger partial charge in [-0.15, -0.1) is 0 Å². The molecule has 0 aromatic carbocycles. The van der Waals surface area contributed by atoms with Crippen molar-refractivity contribution in [3.8, 4) is 0 Å². The first-order valence-corrected chi connectivity index (χ1v) is 5.76. The Hall–Kier alpha value is -1.64. The normalized spacial score (nSPS) is 15.9. The average Bonchev–Trinajstić information content (AvgIpc) is 2.71. The third-order valence-electron chi connectivity index (χ3n) is 2.70. The molecule has 0 aliphatic heterocycles. The number of carboxylic acids is 1. The maximum atomic E-state index is 12.7. The van der Waals surface area contributed by atoms with Gasteiger partial charge >= 0.3 is 12.1 Å². The minimum atomic E-state index is -4.95. The molecule has 0 radical (unpaired) electrons. The van der Waals surface area contributed by atoms with E-state index in [1.807, 2.05) is 5.32 Å². The molecule has 0 spiro atoms. The SMILES string of the molecule is CC(C)(C)c1nc(CNC(C)(C(=O)O)C(F)(F)F)no1. The highest BCUT2D eigenvalue weighted by molar-refractivity contribution is 5.79. The zero-order valence-corrected chi connectivity index (χ0v) is 11.5. The summed E-state index contributed by atoms with van der Waals surface area (Å²) < 4.78 is 43.1. The molecule has 1 heterocycles. The van der Waals surface area contributed by atoms with Crippen LogP contribution in [0.3, 0.4) is 0 Å². The summed E-state index contributed by atoms with van der Waals surface area (Å²) >= 11 is 0. The summed E-state index contributed by atoms with van der Waals surface area (Å²) in [6, 6.07) is 0. The van der Waals surface area contributed by atoms with Crippen LogP contribution < -0.4 is 5.32 Å². The van der Waals surface area contributed by atoms with Gasteiger partial charge in [0.05, 0.1) is 6.54 Å². The van der Waals surface area contributed by atoms with E-state index in [9.17, 15) is 18.0 Å². The molecule has 1 rings (SSSR count). The highest BCUT2D eigenvalue weighted by atomic mass is 19.4. The number of carboxylic acid groups (broad SMARTS) is 1. The minimum absolute atomic E-state index is 0.0355. The fourth-order valence-electron chi connectivity index (χ4n) is 1.18. The third-order valence-corrected chi connectivity index (χ3v) is 2.70. The van der Waals surface area contributed by atoms with Crippen LogP contribution in [0, 0.1) is 0 Å². The first-order valence-electron chi connectivity index (χ1n) is 5.76. The molecule has 0 bridgehead atoms. The largest absolute Gasteiger partial charge is 0.480 e. The van der Waals surface area contributed by atoms with Crippen LogP contribution in [0.4, 0.5) is 13.2 Å². The predicted molar refractivity (Wildman–Crippen MR) is 61.9 cm³/mol. The van der Waals surface area contributed by atoms with Gasteiger partial charge in [-0.05, 0) is 6.92 Å². The van der Waals surface area contributed by atoms with Crippen molar-refractivity contribution < 1.29 is 27.6 Å². The Balaban J connectivity index is 2.85. The van der Waals surface area contributed by atoms with Crippen molar-refractivity contribution in [2.24, 2.45) is 0 Å². The first-order chi connectivity index (χ1) is 8.88. The van der Waals surface area contributed by atoms with E-state index in [0.29, 0.717) is 6.92 Å². The molecule has 0 aliphatic carbocycles. The van der Waals surface area contributed by atoms with Crippen molar-refractivity contribution in [1.82, 2.24) is 15.5 Å². The Kier molecular flexibility index (Phi) is 4.14. The molecular formula is C11H16F3N3O3. The van der Waals surface area contributed by atoms with Gasteiger partial charge in [0.2, 0.25) is 11.4 Å². The van der Waals surface area contributed by atoms with Gasteiger partial charge in [0.25, 0.3) is 0 Å². The van der Waals surface area contributed by atoms with Crippen molar-refractivity contribution in [1.29, 1.82) is 0 Å². The van der Waals surface area contributed by atoms with E-state index in [0.717, 1.165) is 0 Å². The van der Waals surface area contributed by atoms with E-state index in [1.165, 1.54) is 0 Å². The zero-order valence-electron chi connectivity index (χ0n) is 11.5. The van der Waals surface area contributed by atoms with E-state index in [1.54, 1.807) is 20.8 Å². The van der Waals surface area contributed by atoms with Gasteiger partial charge in [0.1, 0.15) is 0 Å². The number of alkyl halides is 3. The van der Waals surface area contributed by atoms with Crippen LogP contribution in [0.15, 0.2) is 4.52 Å². The second kappa shape index (κ2) is 5.04. The number of hydrogen-bond acceptors (Lipinski definition) is 5. The van der Waals surface area contributed by atoms with Crippen molar-refractivity contribution in [3.63, 3.8) is 0 Å². The van der Waals surface area contributed by atoms with E-state index < -0.39 is 29.6 Å². The molecule has 9 heteroatoms. The summed E-state index contributed by atoms with van der Waals surface area (Å²) in [5.74, 6) is -1.80. The average molecular weight is 295 g/mol. The van der Waals surface area contributed by atoms with E-state index >= 15 is 0 Å². The Morgan fingerprint density at radius 3 is 2.20 bits per heavy atom. The fraction of sp³-hybridized carbons (Fsp3) is 0.727. The number of halogens is 3. The lowest BCUT2D eigenvalue weighted by atomic mass is 9.97. The molecule has 1 aromatic heterocycles. The number of nitrogens with zero attached hydrogens (tertiary/aromatic N) is 2. The predicted octanol–water partition coefficient (Wildman–Crippen LogP) is 1.86. The summed E-state index contributed by atoms with van der Waals surface area (Å²) in [6.45, 7) is 5.47. The molecule has 1 unspecified atom stereocenters. The molecule has 0 amide bonds. The van der Waals surface area contributed by atoms with Crippen molar-refractivity contribution in [3.05, 3.63) is 11.7 Å². The lowest BCUT2D eigenvalue weighted by Gasteiger charge is -2.28. The van der Waals surface area contributed by atoms with Crippen LogP contribution in [-0.4, -0.2) is 32.9 Å². The molecular weight excluding hydrogens is 279 g/mol. The summed E-state index contributed by atoms with van der Waals surface area (Å²) in [7, 11) is 0. The standard InChI is InChI=1S/C11H16F3N3O3/c1-9(2,3)7-16-6(17-20-7)5-15-10(4,8(18)19)11(12,13)14/h15H,5H2,1-4H3,(H,18,19). The Morgan fingerprint density at radius 1 is 1.30 bits per heavy atom. The van der Waals surface area contributed by atoms with Gasteiger partial charge < -0.3 is 9.63 Å². The molecule has 2 N–H and O–H groups in total. The number of rotatable bonds is 4. The van der Waals surface area contributed by atoms with Crippen LogP contribution in [0.25, 0.3) is 0 Å². The molecule has 0 saturated heterocycles. The second-order valence-electron chi connectivity index (χ2n) is 5.55. The van der Waals surface area contributed by atoms with Crippen LogP contribution >= 0.6 is 0 Å². The maximum absolute atomic E-state index is 12.7. The smallest absolute Gasteiger partial charge is 0.417 e. The number of hydrogen-bond donors (Lipinski definition) is 2. The van der Waals surface area contributed by atoms with Gasteiger partial charge in [-0.1, -0.05) is 25.9 Å². The van der Waals surface area contributed by atoms with Crippen molar-refractivity contribution in [2.75, 3.05) is 0 Å². The van der Waals surface area contributed by atoms with Crippen LogP contribution in [0.1, 0.15) is 39.4 Å². The van der Waals surface area contributed by atoms with Crippen molar-refractivity contribution in [2.45, 2.75) is 51.4 Å². The van der Waals surface area contributed by atoms with E-state index in [2.05, 4.69) is 10.1 Å². The summed E-state index contributed by atoms with van der Waals surface area (Å²) in [6.07, 6.45) is -4.95. The second-order valence-corrected chi connectivity index (χ2v) is 5.55. The summed E-state index contributed by atoms with van der Waals surface area (Å²) in [5, 5.41) is 14.2. The van der Waals surface area contributed by atoms with Gasteiger partial charge in [0, 0.05) is 5.41 Å². The third kappa shape index (κ3) is 3.27. The molecule has 20 heavy (non-hydrogen) atoms. The van der Waals surface area contributed by atoms with Crippen LogP contribution in [-0.2, 0) is 16.8 Å². The number of aromatic nitrogens is 2. The molecule has 6 nitrogen and oxygen atoms in total. The summed E-state index contributed by atoms with van der Waals surface area (Å²) in [4.78, 5) is 14.7. The Labute approximate surface area is 113 Å². The minimum Gasteiger partial charge on any atom is -0.480 e. The molecule has 1 atom stereocenters. The number of aliphatic carboxylic acids is 1. The topological polar surface area (TPSA) is 88.2 Å². The van der Waals surface area contributed by atoms with Crippen LogP contribution in [0.5, 0.6) is 0 Å². The Morgan fingerprint density at radius 2 is 1.85 bits per heavy atom. The highest BCUT2D eigenvalue weighted by Crippen LogP contribution is 2.30. The Bertz CT molecular complexity index is 493. The molecule has 0 aliphatic rings. The van der Waals surface area contributed by atoms with Gasteiger partial charge in [0.15, 0.2) is 5.82 Å². The zero-order chi connectivity index (χ0) is 15.8. The van der Waals surface area contributed by atoms with Crippen molar-refractivity contribution >= 4 is 5.97 Å². The quantitative estimate of drug-likeness (QED) is 0.881. The van der Waals surface area contributed by atoms with Gasteiger partial charge in [-0.25, -0.2) is 4.79 Å². The molecule has 114 valence electrons. The van der Waals surface area contributed by atoms with Gasteiger partial charge in [-0.2, -0.15) is 18.2 Å². The van der Waals surface area contributed by atoms with Crippen LogP contribution in [0.2, 0.25) is 0 Å². The van der Waals surface area contributed by atoms with E-state index in [-0.39, 0.29) is 11.7 Å². The first kappa shape index (κ1) is 16.4. The monoisotopic (exact) mass is 295 g/mol. The molecule has 0 saturated carbocycles. The lowest BCUT2D eigenvalue weighted by molar-refractivity contribution is -0.206. The highest BCUT2D eigenvalue weighted by Gasteiger charge is 2.57. The van der Waals surface area contributed by atoms with E-state index in [4.69, 9.17) is 9.63 Å². The van der Waals surface area contributed by atoms with Gasteiger partial charge in [-0.3, -0.25) is 5.32 Å². The molecule has 1 aromatic rings. The summed E-state index contributed by atoms with van der Waals surface area (Å²) in [5.41, 5.74) is -3.51. The molecule has 0 fully saturated rings. The maximum Gasteiger partial charge on any atom is 0.417 e. The number of carbonyl (C=O) groups is 1. The lowest BCUT2D eigenvalue weighted by Crippen LogP contribution is -2.59. The fourth-order valence-corrected chi connectivity index (χ4v) is 1.18. The number of nitrogens with one attached hydrogen (secondary N) is 1.